The molecule has 4 rings (SSSR count). The molecule has 0 aromatic carbocycles. The Labute approximate surface area is 147 Å². The van der Waals surface area contributed by atoms with Gasteiger partial charge in [-0.3, -0.25) is 0 Å². The van der Waals surface area contributed by atoms with Crippen LogP contribution < -0.4 is 5.73 Å². The van der Waals surface area contributed by atoms with Gasteiger partial charge in [-0.1, -0.05) is 27.2 Å². The first kappa shape index (κ1) is 17.3. The van der Waals surface area contributed by atoms with Gasteiger partial charge in [-0.05, 0) is 85.4 Å². The first-order valence-electron chi connectivity index (χ1n) is 10.4. The summed E-state index contributed by atoms with van der Waals surface area (Å²) in [5.41, 5.74) is 6.78. The number of hydrogen-bond acceptors (Lipinski definition) is 3. The van der Waals surface area contributed by atoms with Gasteiger partial charge in [0.25, 0.3) is 0 Å². The Morgan fingerprint density at radius 3 is 2.25 bits per heavy atom. The SMILES string of the molecule is CC[C@H]1CCC2C3C(O)[C@H](O)C4C[C@H](N)CC[C@]4(C)C3CC[C@@]21C. The van der Waals surface area contributed by atoms with Crippen LogP contribution in [0.3, 0.4) is 0 Å². The fraction of sp³-hybridized carbons (Fsp3) is 1.00. The van der Waals surface area contributed by atoms with Crippen molar-refractivity contribution < 1.29 is 10.2 Å². The molecule has 0 amide bonds. The lowest BCUT2D eigenvalue weighted by molar-refractivity contribution is -0.215. The van der Waals surface area contributed by atoms with Crippen LogP contribution in [0.25, 0.3) is 0 Å². The van der Waals surface area contributed by atoms with Crippen LogP contribution in [0.4, 0.5) is 0 Å². The molecule has 138 valence electrons. The Morgan fingerprint density at radius 1 is 0.875 bits per heavy atom. The minimum atomic E-state index is -0.578. The van der Waals surface area contributed by atoms with Crippen LogP contribution in [-0.4, -0.2) is 28.5 Å². The minimum absolute atomic E-state index is 0.171. The summed E-state index contributed by atoms with van der Waals surface area (Å²) >= 11 is 0. The Hall–Kier alpha value is -0.120. The standard InChI is InChI=1S/C21H37NO2/c1-4-12-5-6-14-17-15(8-10-20(12,14)2)21(3)9-7-13(22)11-16(21)18(23)19(17)24/h12-19,23-24H,4-11,22H2,1-3H3/t12-,13+,14?,15?,16?,17?,18+,19?,20+,21+/m0/s1. The zero-order valence-electron chi connectivity index (χ0n) is 15.7. The number of hydrogen-bond donors (Lipinski definition) is 3. The van der Waals surface area contributed by atoms with Gasteiger partial charge in [-0.25, -0.2) is 0 Å². The van der Waals surface area contributed by atoms with Gasteiger partial charge in [-0.2, -0.15) is 0 Å². The van der Waals surface area contributed by atoms with E-state index in [9.17, 15) is 10.2 Å². The predicted octanol–water partition coefficient (Wildman–Crippen LogP) is 3.32. The van der Waals surface area contributed by atoms with Crippen LogP contribution in [0.5, 0.6) is 0 Å². The molecule has 10 atom stereocenters. The van der Waals surface area contributed by atoms with Crippen molar-refractivity contribution in [2.45, 2.75) is 90.4 Å². The molecule has 0 saturated heterocycles. The highest BCUT2D eigenvalue weighted by Gasteiger charge is 2.64. The molecule has 0 aliphatic heterocycles. The van der Waals surface area contributed by atoms with Gasteiger partial charge in [0.2, 0.25) is 0 Å². The molecule has 24 heavy (non-hydrogen) atoms. The molecule has 0 bridgehead atoms. The number of nitrogens with two attached hydrogens (primary N) is 1. The minimum Gasteiger partial charge on any atom is -0.390 e. The highest BCUT2D eigenvalue weighted by Crippen LogP contribution is 2.67. The molecule has 0 aromatic heterocycles. The first-order chi connectivity index (χ1) is 11.3. The molecule has 3 heteroatoms. The molecular weight excluding hydrogens is 298 g/mol. The second kappa shape index (κ2) is 5.69. The lowest BCUT2D eigenvalue weighted by Gasteiger charge is -2.63. The summed E-state index contributed by atoms with van der Waals surface area (Å²) in [6, 6.07) is 0.200. The second-order valence-electron chi connectivity index (χ2n) is 10.1. The number of aliphatic hydroxyl groups is 2. The summed E-state index contributed by atoms with van der Waals surface area (Å²) < 4.78 is 0. The number of fused-ring (bicyclic) bond motifs is 5. The van der Waals surface area contributed by atoms with E-state index in [4.69, 9.17) is 5.73 Å². The summed E-state index contributed by atoms with van der Waals surface area (Å²) in [6.07, 6.45) is 8.35. The van der Waals surface area contributed by atoms with Crippen LogP contribution in [0.1, 0.15) is 72.1 Å². The van der Waals surface area contributed by atoms with E-state index >= 15 is 0 Å². The van der Waals surface area contributed by atoms with Crippen LogP contribution in [-0.2, 0) is 0 Å². The second-order valence-corrected chi connectivity index (χ2v) is 10.1. The van der Waals surface area contributed by atoms with Crippen molar-refractivity contribution in [1.82, 2.24) is 0 Å². The van der Waals surface area contributed by atoms with Crippen molar-refractivity contribution in [2.75, 3.05) is 0 Å². The number of rotatable bonds is 1. The third kappa shape index (κ3) is 2.13. The molecule has 4 N–H and O–H groups in total. The van der Waals surface area contributed by atoms with Crippen molar-refractivity contribution in [3.8, 4) is 0 Å². The molecule has 3 nitrogen and oxygen atoms in total. The molecule has 0 radical (unpaired) electrons. The van der Waals surface area contributed by atoms with E-state index in [1.807, 2.05) is 0 Å². The van der Waals surface area contributed by atoms with Gasteiger partial charge in [-0.15, -0.1) is 0 Å². The smallest absolute Gasteiger partial charge is 0.0836 e. The Kier molecular flexibility index (Phi) is 4.10. The maximum absolute atomic E-state index is 11.1. The van der Waals surface area contributed by atoms with E-state index in [0.717, 1.165) is 25.2 Å². The normalized spacial score (nSPS) is 60.2. The fourth-order valence-corrected chi connectivity index (χ4v) is 8.07. The summed E-state index contributed by atoms with van der Waals surface area (Å²) in [5, 5.41) is 22.2. The number of aliphatic hydroxyl groups excluding tert-OH is 2. The van der Waals surface area contributed by atoms with Gasteiger partial charge in [0.05, 0.1) is 12.2 Å². The maximum atomic E-state index is 11.1. The summed E-state index contributed by atoms with van der Waals surface area (Å²) in [7, 11) is 0. The molecule has 4 fully saturated rings. The van der Waals surface area contributed by atoms with Gasteiger partial charge in [0.15, 0.2) is 0 Å². The van der Waals surface area contributed by atoms with Crippen molar-refractivity contribution in [2.24, 2.45) is 46.2 Å². The van der Waals surface area contributed by atoms with Gasteiger partial charge >= 0.3 is 0 Å². The molecule has 5 unspecified atom stereocenters. The maximum Gasteiger partial charge on any atom is 0.0836 e. The predicted molar refractivity (Wildman–Crippen MR) is 96.3 cm³/mol. The van der Waals surface area contributed by atoms with E-state index < -0.39 is 12.2 Å². The average molecular weight is 336 g/mol. The van der Waals surface area contributed by atoms with E-state index in [1.54, 1.807) is 0 Å². The van der Waals surface area contributed by atoms with Crippen molar-refractivity contribution in [3.05, 3.63) is 0 Å². The lowest BCUT2D eigenvalue weighted by atomic mass is 9.43. The monoisotopic (exact) mass is 335 g/mol. The summed E-state index contributed by atoms with van der Waals surface area (Å²) in [6.45, 7) is 7.22. The van der Waals surface area contributed by atoms with Gasteiger partial charge in [0, 0.05) is 6.04 Å². The van der Waals surface area contributed by atoms with E-state index in [0.29, 0.717) is 23.2 Å². The Bertz CT molecular complexity index is 496. The molecule has 4 aliphatic carbocycles. The summed E-state index contributed by atoms with van der Waals surface area (Å²) in [5.74, 6) is 2.45. The largest absolute Gasteiger partial charge is 0.390 e. The topological polar surface area (TPSA) is 66.5 Å². The van der Waals surface area contributed by atoms with Crippen molar-refractivity contribution in [3.63, 3.8) is 0 Å². The van der Waals surface area contributed by atoms with Crippen LogP contribution >= 0.6 is 0 Å². The van der Waals surface area contributed by atoms with E-state index in [1.165, 1.54) is 32.1 Å². The highest BCUT2D eigenvalue weighted by molar-refractivity contribution is 5.13. The first-order valence-corrected chi connectivity index (χ1v) is 10.4. The third-order valence-electron chi connectivity index (χ3n) is 9.48. The molecule has 4 saturated carbocycles. The van der Waals surface area contributed by atoms with Crippen molar-refractivity contribution >= 4 is 0 Å². The van der Waals surface area contributed by atoms with Crippen LogP contribution in [0.2, 0.25) is 0 Å². The zero-order chi connectivity index (χ0) is 17.3. The lowest BCUT2D eigenvalue weighted by Crippen LogP contribution is -2.64. The van der Waals surface area contributed by atoms with Crippen LogP contribution in [0.15, 0.2) is 0 Å². The molecule has 0 aromatic rings. The molecule has 0 heterocycles. The zero-order valence-corrected chi connectivity index (χ0v) is 15.7. The summed E-state index contributed by atoms with van der Waals surface area (Å²) in [4.78, 5) is 0. The quantitative estimate of drug-likeness (QED) is 0.688. The van der Waals surface area contributed by atoms with Gasteiger partial charge < -0.3 is 15.9 Å². The Balaban J connectivity index is 1.70. The van der Waals surface area contributed by atoms with E-state index in [-0.39, 0.29) is 17.4 Å². The Morgan fingerprint density at radius 2 is 1.54 bits per heavy atom. The third-order valence-corrected chi connectivity index (χ3v) is 9.48. The highest BCUT2D eigenvalue weighted by atomic mass is 16.3. The molecular formula is C21H37NO2. The van der Waals surface area contributed by atoms with E-state index in [2.05, 4.69) is 20.8 Å². The van der Waals surface area contributed by atoms with Crippen molar-refractivity contribution in [1.29, 1.82) is 0 Å². The average Bonchev–Trinajstić information content (AvgIpc) is 2.90. The van der Waals surface area contributed by atoms with Crippen LogP contribution in [0, 0.1) is 40.4 Å². The molecule has 0 spiro atoms. The fourth-order valence-electron chi connectivity index (χ4n) is 8.07. The molecule has 4 aliphatic rings. The van der Waals surface area contributed by atoms with Gasteiger partial charge in [0.1, 0.15) is 0 Å².